The number of rotatable bonds is 10. The first-order chi connectivity index (χ1) is 16.0. The lowest BCUT2D eigenvalue weighted by Gasteiger charge is -2.11. The van der Waals surface area contributed by atoms with Gasteiger partial charge in [-0.2, -0.15) is 0 Å². The Balaban J connectivity index is 1.96. The van der Waals surface area contributed by atoms with Gasteiger partial charge in [-0.25, -0.2) is 22.2 Å². The maximum absolute atomic E-state index is 14.8. The van der Waals surface area contributed by atoms with Crippen LogP contribution in [0.1, 0.15) is 54.4 Å². The molecule has 1 unspecified atom stereocenters. The second kappa shape index (κ2) is 10.6. The number of aliphatic hydroxyl groups is 1. The van der Waals surface area contributed by atoms with Crippen molar-refractivity contribution in [1.29, 1.82) is 0 Å². The highest BCUT2D eigenvalue weighted by molar-refractivity contribution is 7.90. The number of nitrogens with two attached hydrogens (primary N) is 1. The topological polar surface area (TPSA) is 122 Å². The van der Waals surface area contributed by atoms with Gasteiger partial charge in [-0.05, 0) is 48.7 Å². The summed E-state index contributed by atoms with van der Waals surface area (Å²) in [6, 6.07) is 8.16. The largest absolute Gasteiger partial charge is 0.388 e. The summed E-state index contributed by atoms with van der Waals surface area (Å²) in [5.74, 6) is -2.52. The third kappa shape index (κ3) is 5.96. The number of hydrogen-bond donors (Lipinski definition) is 3. The second-order valence-corrected chi connectivity index (χ2v) is 11.0. The number of amides is 1. The molecule has 0 saturated carbocycles. The Bertz CT molecular complexity index is 1290. The lowest BCUT2D eigenvalue weighted by Crippen LogP contribution is -2.12. The molecule has 11 heteroatoms. The minimum Gasteiger partial charge on any atom is -0.388 e. The Hall–Kier alpha value is -2.89. The number of thiophene rings is 1. The molecule has 0 aliphatic carbocycles. The van der Waals surface area contributed by atoms with Crippen LogP contribution >= 0.6 is 11.3 Å². The third-order valence-corrected chi connectivity index (χ3v) is 7.84. The van der Waals surface area contributed by atoms with Crippen LogP contribution in [0.3, 0.4) is 0 Å². The van der Waals surface area contributed by atoms with E-state index in [1.54, 1.807) is 32.0 Å². The first-order valence-electron chi connectivity index (χ1n) is 10.6. The van der Waals surface area contributed by atoms with Crippen LogP contribution in [0, 0.1) is 11.6 Å². The van der Waals surface area contributed by atoms with E-state index in [9.17, 15) is 27.1 Å². The number of sulfone groups is 1. The van der Waals surface area contributed by atoms with Crippen LogP contribution in [0.25, 0.3) is 10.4 Å². The van der Waals surface area contributed by atoms with Crippen LogP contribution in [-0.2, 0) is 15.6 Å². The highest BCUT2D eigenvalue weighted by Gasteiger charge is 2.22. The van der Waals surface area contributed by atoms with Crippen LogP contribution in [0.2, 0.25) is 0 Å². The monoisotopic (exact) mass is 509 g/mol. The van der Waals surface area contributed by atoms with Crippen LogP contribution < -0.4 is 11.1 Å². The molecule has 0 radical (unpaired) electrons. The smallest absolute Gasteiger partial charge is 0.251 e. The van der Waals surface area contributed by atoms with Gasteiger partial charge in [0, 0.05) is 4.88 Å². The molecule has 3 rings (SSSR count). The Kier molecular flexibility index (Phi) is 8.01. The molecule has 2 heterocycles. The van der Waals surface area contributed by atoms with Crippen LogP contribution in [-0.4, -0.2) is 30.2 Å². The van der Waals surface area contributed by atoms with Gasteiger partial charge >= 0.3 is 0 Å². The number of aromatic nitrogens is 1. The summed E-state index contributed by atoms with van der Waals surface area (Å²) in [7, 11) is -3.31. The van der Waals surface area contributed by atoms with E-state index in [0.717, 1.165) is 23.5 Å². The zero-order valence-corrected chi connectivity index (χ0v) is 20.3. The Morgan fingerprint density at radius 1 is 1.21 bits per heavy atom. The number of aliphatic hydroxyl groups excluding tert-OH is 1. The summed E-state index contributed by atoms with van der Waals surface area (Å²) in [4.78, 5) is 16.4. The van der Waals surface area contributed by atoms with Crippen molar-refractivity contribution in [2.75, 3.05) is 11.1 Å². The molecule has 182 valence electrons. The molecule has 1 aromatic carbocycles. The molecule has 1 amide bonds. The van der Waals surface area contributed by atoms with E-state index in [-0.39, 0.29) is 43.9 Å². The standard InChI is InChI=1S/C23H25F2N3O4S2/c1-3-8-34(31,32)12-14-6-5-7-20(27-14)28-23-15(22(26)30)11-19(33-23)21-16(24)9-13(10-17(21)25)18(29)4-2/h5-7,9-11,18,29H,3-4,8,12H2,1-2H3,(H2,26,30)(H,27,28). The Labute approximate surface area is 200 Å². The fourth-order valence-electron chi connectivity index (χ4n) is 3.40. The lowest BCUT2D eigenvalue weighted by atomic mass is 10.0. The number of anilines is 2. The van der Waals surface area contributed by atoms with Gasteiger partial charge in [-0.15, -0.1) is 11.3 Å². The number of nitrogens with zero attached hydrogens (tertiary/aromatic N) is 1. The number of halogens is 2. The van der Waals surface area contributed by atoms with Gasteiger partial charge in [0.2, 0.25) is 0 Å². The predicted molar refractivity (Wildman–Crippen MR) is 129 cm³/mol. The molecule has 34 heavy (non-hydrogen) atoms. The molecule has 0 fully saturated rings. The minimum atomic E-state index is -3.31. The van der Waals surface area contributed by atoms with E-state index in [1.807, 2.05) is 0 Å². The van der Waals surface area contributed by atoms with E-state index >= 15 is 0 Å². The molecule has 0 aliphatic rings. The van der Waals surface area contributed by atoms with Crippen molar-refractivity contribution in [2.24, 2.45) is 5.73 Å². The molecule has 0 spiro atoms. The summed E-state index contributed by atoms with van der Waals surface area (Å²) in [5.41, 5.74) is 5.56. The molecular formula is C23H25F2N3O4S2. The molecule has 2 aromatic heterocycles. The van der Waals surface area contributed by atoms with E-state index in [4.69, 9.17) is 5.73 Å². The maximum atomic E-state index is 14.8. The van der Waals surface area contributed by atoms with Gasteiger partial charge in [0.25, 0.3) is 5.91 Å². The summed E-state index contributed by atoms with van der Waals surface area (Å²) in [6.07, 6.45) is -0.214. The lowest BCUT2D eigenvalue weighted by molar-refractivity contribution is 0.100. The second-order valence-electron chi connectivity index (χ2n) is 7.73. The fourth-order valence-corrected chi connectivity index (χ4v) is 5.90. The van der Waals surface area contributed by atoms with Crippen molar-refractivity contribution >= 4 is 37.9 Å². The highest BCUT2D eigenvalue weighted by Crippen LogP contribution is 2.40. The van der Waals surface area contributed by atoms with Crippen molar-refractivity contribution in [2.45, 2.75) is 38.5 Å². The zero-order chi connectivity index (χ0) is 25.0. The third-order valence-electron chi connectivity index (χ3n) is 5.01. The van der Waals surface area contributed by atoms with Crippen LogP contribution in [0.15, 0.2) is 36.4 Å². The zero-order valence-electron chi connectivity index (χ0n) is 18.6. The number of carbonyl (C=O) groups is 1. The summed E-state index contributed by atoms with van der Waals surface area (Å²) < 4.78 is 53.8. The van der Waals surface area contributed by atoms with Crippen molar-refractivity contribution in [3.05, 3.63) is 64.9 Å². The molecule has 1 atom stereocenters. The Morgan fingerprint density at radius 3 is 2.47 bits per heavy atom. The number of nitrogens with one attached hydrogen (secondary N) is 1. The first kappa shape index (κ1) is 25.7. The fraction of sp³-hybridized carbons (Fsp3) is 0.304. The van der Waals surface area contributed by atoms with Gasteiger partial charge in [-0.1, -0.05) is 19.9 Å². The van der Waals surface area contributed by atoms with E-state index < -0.39 is 33.5 Å². The van der Waals surface area contributed by atoms with Gasteiger partial charge in [-0.3, -0.25) is 4.79 Å². The van der Waals surface area contributed by atoms with Crippen molar-refractivity contribution in [1.82, 2.24) is 4.98 Å². The van der Waals surface area contributed by atoms with Gasteiger partial charge in [0.05, 0.1) is 34.4 Å². The number of pyridine rings is 1. The SMILES string of the molecule is CCCS(=O)(=O)Cc1cccc(Nc2sc(-c3c(F)cc(C(O)CC)cc3F)cc2C(N)=O)n1. The summed E-state index contributed by atoms with van der Waals surface area (Å²) in [6.45, 7) is 3.46. The average molecular weight is 510 g/mol. The molecule has 4 N–H and O–H groups in total. The summed E-state index contributed by atoms with van der Waals surface area (Å²) in [5, 5.41) is 13.0. The minimum absolute atomic E-state index is 0.00211. The quantitative estimate of drug-likeness (QED) is 0.364. The molecule has 0 bridgehead atoms. The molecule has 0 saturated heterocycles. The maximum Gasteiger partial charge on any atom is 0.251 e. The number of primary amides is 1. The Morgan fingerprint density at radius 2 is 1.88 bits per heavy atom. The normalized spacial score (nSPS) is 12.5. The van der Waals surface area contributed by atoms with Crippen molar-refractivity contribution < 1.29 is 27.1 Å². The molecule has 0 aliphatic heterocycles. The number of hydrogen-bond acceptors (Lipinski definition) is 7. The average Bonchev–Trinajstić information content (AvgIpc) is 3.15. The van der Waals surface area contributed by atoms with E-state index in [1.165, 1.54) is 6.07 Å². The predicted octanol–water partition coefficient (Wildman–Crippen LogP) is 4.70. The van der Waals surface area contributed by atoms with E-state index in [0.29, 0.717) is 18.5 Å². The van der Waals surface area contributed by atoms with Gasteiger partial charge in [0.15, 0.2) is 9.84 Å². The van der Waals surface area contributed by atoms with Gasteiger partial charge < -0.3 is 16.2 Å². The number of benzene rings is 1. The van der Waals surface area contributed by atoms with Crippen molar-refractivity contribution in [3.8, 4) is 10.4 Å². The first-order valence-corrected chi connectivity index (χ1v) is 13.2. The van der Waals surface area contributed by atoms with Crippen LogP contribution in [0.4, 0.5) is 19.6 Å². The molecule has 7 nitrogen and oxygen atoms in total. The van der Waals surface area contributed by atoms with Crippen molar-refractivity contribution in [3.63, 3.8) is 0 Å². The van der Waals surface area contributed by atoms with Crippen LogP contribution in [0.5, 0.6) is 0 Å². The highest BCUT2D eigenvalue weighted by atomic mass is 32.2. The summed E-state index contributed by atoms with van der Waals surface area (Å²) >= 11 is 0.899. The van der Waals surface area contributed by atoms with Gasteiger partial charge in [0.1, 0.15) is 22.5 Å². The van der Waals surface area contributed by atoms with E-state index in [2.05, 4.69) is 10.3 Å². The number of carbonyl (C=O) groups excluding carboxylic acids is 1. The molecular weight excluding hydrogens is 484 g/mol. The molecule has 3 aromatic rings.